The first-order chi connectivity index (χ1) is 6.81. The van der Waals surface area contributed by atoms with Crippen molar-refractivity contribution in [2.24, 2.45) is 0 Å². The van der Waals surface area contributed by atoms with Crippen molar-refractivity contribution in [3.63, 3.8) is 0 Å². The molecule has 0 radical (unpaired) electrons. The van der Waals surface area contributed by atoms with Gasteiger partial charge in [-0.15, -0.1) is 0 Å². The van der Waals surface area contributed by atoms with Crippen LogP contribution in [0.4, 0.5) is 0 Å². The maximum atomic E-state index is 4.54. The summed E-state index contributed by atoms with van der Waals surface area (Å²) in [4.78, 5) is 7.84. The van der Waals surface area contributed by atoms with Crippen LogP contribution in [0.2, 0.25) is 0 Å². The lowest BCUT2D eigenvalue weighted by Crippen LogP contribution is -1.82. The van der Waals surface area contributed by atoms with Gasteiger partial charge in [0.25, 0.3) is 0 Å². The Morgan fingerprint density at radius 3 is 2.50 bits per heavy atom. The minimum absolute atomic E-state index is 0.972. The normalized spacial score (nSPS) is 10.4. The number of nitrogens with one attached hydrogen (secondary N) is 1. The van der Waals surface area contributed by atoms with E-state index in [1.165, 1.54) is 5.69 Å². The van der Waals surface area contributed by atoms with Gasteiger partial charge in [-0.05, 0) is 13.3 Å². The molecule has 0 amide bonds. The van der Waals surface area contributed by atoms with Crippen molar-refractivity contribution >= 4 is 0 Å². The van der Waals surface area contributed by atoms with Crippen LogP contribution in [0.3, 0.4) is 0 Å². The highest BCUT2D eigenvalue weighted by molar-refractivity contribution is 5.55. The third-order valence-corrected chi connectivity index (χ3v) is 2.37. The predicted octanol–water partition coefficient (Wildman–Crippen LogP) is 2.95. The number of H-pyrrole nitrogens is 1. The topological polar surface area (TPSA) is 28.7 Å². The second-order valence-corrected chi connectivity index (χ2v) is 3.38. The van der Waals surface area contributed by atoms with E-state index in [9.17, 15) is 0 Å². The number of nitrogens with zero attached hydrogens (tertiary/aromatic N) is 1. The average Bonchev–Trinajstić information content (AvgIpc) is 2.61. The van der Waals surface area contributed by atoms with Gasteiger partial charge < -0.3 is 4.98 Å². The Morgan fingerprint density at radius 1 is 1.21 bits per heavy atom. The highest BCUT2D eigenvalue weighted by Gasteiger charge is 2.05. The molecule has 2 nitrogen and oxygen atoms in total. The van der Waals surface area contributed by atoms with E-state index in [0.29, 0.717) is 0 Å². The zero-order chi connectivity index (χ0) is 9.97. The van der Waals surface area contributed by atoms with Crippen molar-refractivity contribution in [3.05, 3.63) is 41.7 Å². The molecule has 0 bridgehead atoms. The van der Waals surface area contributed by atoms with Gasteiger partial charge in [0, 0.05) is 11.3 Å². The molecule has 1 heterocycles. The van der Waals surface area contributed by atoms with Gasteiger partial charge in [0.2, 0.25) is 0 Å². The summed E-state index contributed by atoms with van der Waals surface area (Å²) in [6.45, 7) is 4.19. The molecule has 0 fully saturated rings. The summed E-state index contributed by atoms with van der Waals surface area (Å²) in [5, 5.41) is 0. The second-order valence-electron chi connectivity index (χ2n) is 3.38. The Balaban J connectivity index is 2.43. The number of imidazole rings is 1. The van der Waals surface area contributed by atoms with Gasteiger partial charge in [-0.3, -0.25) is 0 Å². The molecule has 14 heavy (non-hydrogen) atoms. The van der Waals surface area contributed by atoms with Gasteiger partial charge in [0.1, 0.15) is 5.82 Å². The SMILES string of the molecule is CCc1nc(-c2ccccc2)[nH]c1C. The molecule has 1 N–H and O–H groups in total. The summed E-state index contributed by atoms with van der Waals surface area (Å²) in [6, 6.07) is 10.2. The van der Waals surface area contributed by atoms with Gasteiger partial charge in [-0.25, -0.2) is 4.98 Å². The number of aromatic amines is 1. The number of aryl methyl sites for hydroxylation is 2. The molecule has 1 aromatic heterocycles. The average molecular weight is 186 g/mol. The molecule has 0 saturated carbocycles. The van der Waals surface area contributed by atoms with Crippen molar-refractivity contribution in [1.82, 2.24) is 9.97 Å². The Labute approximate surface area is 84.0 Å². The molecule has 0 spiro atoms. The molecule has 2 aromatic rings. The lowest BCUT2D eigenvalue weighted by molar-refractivity contribution is 1.04. The van der Waals surface area contributed by atoms with Crippen molar-refractivity contribution in [3.8, 4) is 11.4 Å². The molecule has 72 valence electrons. The van der Waals surface area contributed by atoms with Crippen LogP contribution in [0.5, 0.6) is 0 Å². The Bertz CT molecular complexity index is 415. The maximum Gasteiger partial charge on any atom is 0.137 e. The molecule has 0 unspecified atom stereocenters. The number of rotatable bonds is 2. The van der Waals surface area contributed by atoms with Crippen molar-refractivity contribution in [2.75, 3.05) is 0 Å². The van der Waals surface area contributed by atoms with E-state index in [2.05, 4.69) is 35.9 Å². The molecule has 0 aliphatic rings. The lowest BCUT2D eigenvalue weighted by Gasteiger charge is -1.93. The van der Waals surface area contributed by atoms with Crippen LogP contribution < -0.4 is 0 Å². The van der Waals surface area contributed by atoms with E-state index in [1.54, 1.807) is 0 Å². The molecule has 1 aromatic carbocycles. The zero-order valence-corrected chi connectivity index (χ0v) is 8.54. The maximum absolute atomic E-state index is 4.54. The van der Waals surface area contributed by atoms with E-state index >= 15 is 0 Å². The highest BCUT2D eigenvalue weighted by atomic mass is 14.9. The van der Waals surface area contributed by atoms with Crippen LogP contribution in [0, 0.1) is 6.92 Å². The van der Waals surface area contributed by atoms with E-state index in [-0.39, 0.29) is 0 Å². The third kappa shape index (κ3) is 1.55. The quantitative estimate of drug-likeness (QED) is 0.767. The monoisotopic (exact) mass is 186 g/mol. The van der Waals surface area contributed by atoms with Crippen LogP contribution in [-0.4, -0.2) is 9.97 Å². The fourth-order valence-electron chi connectivity index (χ4n) is 1.57. The van der Waals surface area contributed by atoms with Crippen LogP contribution >= 0.6 is 0 Å². The fourth-order valence-corrected chi connectivity index (χ4v) is 1.57. The highest BCUT2D eigenvalue weighted by Crippen LogP contribution is 2.17. The number of hydrogen-bond donors (Lipinski definition) is 1. The van der Waals surface area contributed by atoms with Gasteiger partial charge in [-0.1, -0.05) is 37.3 Å². The summed E-state index contributed by atoms with van der Waals surface area (Å²) in [7, 11) is 0. The van der Waals surface area contributed by atoms with Crippen molar-refractivity contribution < 1.29 is 0 Å². The summed E-state index contributed by atoms with van der Waals surface area (Å²) in [6.07, 6.45) is 0.981. The first-order valence-electron chi connectivity index (χ1n) is 4.92. The minimum atomic E-state index is 0.972. The third-order valence-electron chi connectivity index (χ3n) is 2.37. The van der Waals surface area contributed by atoms with E-state index < -0.39 is 0 Å². The summed E-state index contributed by atoms with van der Waals surface area (Å²) < 4.78 is 0. The van der Waals surface area contributed by atoms with Crippen LogP contribution in [0.1, 0.15) is 18.3 Å². The Morgan fingerprint density at radius 2 is 1.93 bits per heavy atom. The molecular weight excluding hydrogens is 172 g/mol. The molecule has 0 atom stereocenters. The van der Waals surface area contributed by atoms with Crippen LogP contribution in [-0.2, 0) is 6.42 Å². The smallest absolute Gasteiger partial charge is 0.137 e. The fraction of sp³-hybridized carbons (Fsp3) is 0.250. The predicted molar refractivity (Wildman–Crippen MR) is 58.1 cm³/mol. The van der Waals surface area contributed by atoms with Gasteiger partial charge in [0.05, 0.1) is 5.69 Å². The van der Waals surface area contributed by atoms with Gasteiger partial charge in [-0.2, -0.15) is 0 Å². The van der Waals surface area contributed by atoms with Gasteiger partial charge in [0.15, 0.2) is 0 Å². The molecule has 2 rings (SSSR count). The molecule has 0 aliphatic carbocycles. The number of hydrogen-bond acceptors (Lipinski definition) is 1. The minimum Gasteiger partial charge on any atom is -0.342 e. The Hall–Kier alpha value is -1.57. The molecular formula is C12H14N2. The zero-order valence-electron chi connectivity index (χ0n) is 8.54. The number of benzene rings is 1. The largest absolute Gasteiger partial charge is 0.342 e. The molecule has 0 aliphatic heterocycles. The summed E-state index contributed by atoms with van der Waals surface area (Å²) in [5.74, 6) is 0.972. The summed E-state index contributed by atoms with van der Waals surface area (Å²) >= 11 is 0. The standard InChI is InChI=1S/C12H14N2/c1-3-11-9(2)13-12(14-11)10-7-5-4-6-8-10/h4-8H,3H2,1-2H3,(H,13,14). The molecule has 0 saturated heterocycles. The summed E-state index contributed by atoms with van der Waals surface area (Å²) in [5.41, 5.74) is 3.48. The first-order valence-corrected chi connectivity index (χ1v) is 4.92. The lowest BCUT2D eigenvalue weighted by atomic mass is 10.2. The van der Waals surface area contributed by atoms with Crippen molar-refractivity contribution in [1.29, 1.82) is 0 Å². The molecule has 2 heteroatoms. The van der Waals surface area contributed by atoms with Crippen LogP contribution in [0.15, 0.2) is 30.3 Å². The second kappa shape index (κ2) is 3.66. The first kappa shape index (κ1) is 9.00. The van der Waals surface area contributed by atoms with Crippen molar-refractivity contribution in [2.45, 2.75) is 20.3 Å². The van der Waals surface area contributed by atoms with Gasteiger partial charge >= 0.3 is 0 Å². The van der Waals surface area contributed by atoms with Crippen LogP contribution in [0.25, 0.3) is 11.4 Å². The van der Waals surface area contributed by atoms with E-state index in [4.69, 9.17) is 0 Å². The Kier molecular flexibility index (Phi) is 2.35. The van der Waals surface area contributed by atoms with E-state index in [0.717, 1.165) is 23.5 Å². The van der Waals surface area contributed by atoms with E-state index in [1.807, 2.05) is 18.2 Å². The number of aromatic nitrogens is 2.